The van der Waals surface area contributed by atoms with Gasteiger partial charge in [-0.25, -0.2) is 4.79 Å². The molecule has 0 fully saturated rings. The zero-order valence-electron chi connectivity index (χ0n) is 15.2. The predicted molar refractivity (Wildman–Crippen MR) is 99.5 cm³/mol. The molecule has 140 valence electrons. The molecule has 0 atom stereocenters. The molecule has 0 unspecified atom stereocenters. The van der Waals surface area contributed by atoms with Gasteiger partial charge in [0.2, 0.25) is 0 Å². The second-order valence-electron chi connectivity index (χ2n) is 5.96. The number of imide groups is 1. The van der Waals surface area contributed by atoms with Crippen LogP contribution in [0.1, 0.15) is 30.0 Å². The first-order chi connectivity index (χ1) is 13.4. The van der Waals surface area contributed by atoms with Gasteiger partial charge in [0, 0.05) is 11.1 Å². The number of rotatable bonds is 4. The largest absolute Gasteiger partial charge is 0.462 e. The Morgan fingerprint density at radius 1 is 1.25 bits per heavy atom. The van der Waals surface area contributed by atoms with Crippen LogP contribution in [0.5, 0.6) is 0 Å². The number of hydrogen-bond acceptors (Lipinski definition) is 6. The quantitative estimate of drug-likeness (QED) is 0.499. The molecule has 2 heterocycles. The fourth-order valence-corrected chi connectivity index (χ4v) is 2.76. The second kappa shape index (κ2) is 7.76. The summed E-state index contributed by atoms with van der Waals surface area (Å²) in [5.74, 6) is -0.867. The first kappa shape index (κ1) is 18.9. The van der Waals surface area contributed by atoms with Crippen LogP contribution in [0, 0.1) is 11.3 Å². The molecule has 0 bridgehead atoms. The third-order valence-corrected chi connectivity index (χ3v) is 4.16. The van der Waals surface area contributed by atoms with E-state index in [9.17, 15) is 14.4 Å². The van der Waals surface area contributed by atoms with E-state index in [2.05, 4.69) is 5.32 Å². The van der Waals surface area contributed by atoms with Gasteiger partial charge in [-0.05, 0) is 49.8 Å². The molecular formula is C21H16N2O5. The van der Waals surface area contributed by atoms with Crippen LogP contribution in [0.3, 0.4) is 0 Å². The minimum atomic E-state index is -0.710. The van der Waals surface area contributed by atoms with Crippen molar-refractivity contribution in [1.82, 2.24) is 5.32 Å². The first-order valence-corrected chi connectivity index (χ1v) is 8.50. The normalized spacial score (nSPS) is 15.4. The molecule has 7 nitrogen and oxygen atoms in total. The standard InChI is InChI=1S/C21H16N2O5/c1-3-27-21(26)14-6-4-5-13(9-14)18-8-7-15(28-18)10-16-12(2)17(11-22)20(25)23-19(16)24/h4-10H,3H2,1-2H3,(H,23,24,25)/b16-10-. The smallest absolute Gasteiger partial charge is 0.338 e. The lowest BCUT2D eigenvalue weighted by molar-refractivity contribution is -0.126. The molecule has 1 N–H and O–H groups in total. The average molecular weight is 376 g/mol. The Morgan fingerprint density at radius 2 is 2.04 bits per heavy atom. The lowest BCUT2D eigenvalue weighted by atomic mass is 9.96. The van der Waals surface area contributed by atoms with Gasteiger partial charge in [0.15, 0.2) is 0 Å². The Morgan fingerprint density at radius 3 is 2.75 bits per heavy atom. The number of carbonyl (C=O) groups is 3. The summed E-state index contributed by atoms with van der Waals surface area (Å²) in [6, 6.07) is 12.0. The SMILES string of the molecule is CCOC(=O)c1cccc(-c2ccc(/C=C3\C(=O)NC(=O)C(C#N)=C3C)o2)c1. The van der Waals surface area contributed by atoms with Crippen molar-refractivity contribution >= 4 is 23.9 Å². The van der Waals surface area contributed by atoms with Crippen molar-refractivity contribution in [1.29, 1.82) is 5.26 Å². The highest BCUT2D eigenvalue weighted by Gasteiger charge is 2.27. The predicted octanol–water partition coefficient (Wildman–Crippen LogP) is 3.00. The zero-order valence-corrected chi connectivity index (χ0v) is 15.2. The van der Waals surface area contributed by atoms with Crippen molar-refractivity contribution in [3.8, 4) is 17.4 Å². The van der Waals surface area contributed by atoms with E-state index in [1.165, 1.54) is 13.0 Å². The van der Waals surface area contributed by atoms with E-state index in [0.717, 1.165) is 0 Å². The van der Waals surface area contributed by atoms with E-state index in [-0.39, 0.29) is 17.8 Å². The molecule has 2 aromatic rings. The molecule has 0 spiro atoms. The van der Waals surface area contributed by atoms with E-state index in [1.54, 1.807) is 49.4 Å². The van der Waals surface area contributed by atoms with Crippen LogP contribution >= 0.6 is 0 Å². The molecule has 0 saturated heterocycles. The highest BCUT2D eigenvalue weighted by atomic mass is 16.5. The van der Waals surface area contributed by atoms with Crippen molar-refractivity contribution in [2.24, 2.45) is 0 Å². The first-order valence-electron chi connectivity index (χ1n) is 8.50. The van der Waals surface area contributed by atoms with Gasteiger partial charge in [-0.2, -0.15) is 5.26 Å². The van der Waals surface area contributed by atoms with Gasteiger partial charge in [0.25, 0.3) is 11.8 Å². The Labute approximate surface area is 160 Å². The molecule has 28 heavy (non-hydrogen) atoms. The number of furan rings is 1. The summed E-state index contributed by atoms with van der Waals surface area (Å²) in [5, 5.41) is 11.2. The van der Waals surface area contributed by atoms with Gasteiger partial charge in [-0.15, -0.1) is 0 Å². The number of nitrogens with one attached hydrogen (secondary N) is 1. The Hall–Kier alpha value is -3.92. The van der Waals surface area contributed by atoms with Gasteiger partial charge in [-0.1, -0.05) is 12.1 Å². The van der Waals surface area contributed by atoms with Crippen LogP contribution < -0.4 is 5.32 Å². The fraction of sp³-hybridized carbons (Fsp3) is 0.143. The average Bonchev–Trinajstić information content (AvgIpc) is 3.14. The summed E-state index contributed by atoms with van der Waals surface area (Å²) in [6.45, 7) is 3.55. The maximum Gasteiger partial charge on any atom is 0.338 e. The highest BCUT2D eigenvalue weighted by molar-refractivity contribution is 6.19. The lowest BCUT2D eigenvalue weighted by Gasteiger charge is -2.15. The monoisotopic (exact) mass is 376 g/mol. The van der Waals surface area contributed by atoms with Crippen molar-refractivity contribution in [2.45, 2.75) is 13.8 Å². The molecule has 1 aromatic carbocycles. The van der Waals surface area contributed by atoms with Gasteiger partial charge >= 0.3 is 5.97 Å². The lowest BCUT2D eigenvalue weighted by Crippen LogP contribution is -2.37. The van der Waals surface area contributed by atoms with Gasteiger partial charge < -0.3 is 9.15 Å². The minimum absolute atomic E-state index is 0.111. The van der Waals surface area contributed by atoms with Crippen molar-refractivity contribution in [3.63, 3.8) is 0 Å². The van der Waals surface area contributed by atoms with Crippen molar-refractivity contribution in [3.05, 3.63) is 64.4 Å². The van der Waals surface area contributed by atoms with E-state index < -0.39 is 17.8 Å². The third kappa shape index (κ3) is 3.62. The van der Waals surface area contributed by atoms with Crippen molar-refractivity contribution < 1.29 is 23.5 Å². The third-order valence-electron chi connectivity index (χ3n) is 4.16. The second-order valence-corrected chi connectivity index (χ2v) is 5.96. The van der Waals surface area contributed by atoms with E-state index >= 15 is 0 Å². The number of benzene rings is 1. The summed E-state index contributed by atoms with van der Waals surface area (Å²) in [4.78, 5) is 35.7. The van der Waals surface area contributed by atoms with Crippen LogP contribution in [-0.4, -0.2) is 24.4 Å². The summed E-state index contributed by atoms with van der Waals surface area (Å²) >= 11 is 0. The van der Waals surface area contributed by atoms with E-state index in [1.807, 2.05) is 0 Å². The number of esters is 1. The van der Waals surface area contributed by atoms with Gasteiger partial charge in [0.1, 0.15) is 23.2 Å². The highest BCUT2D eigenvalue weighted by Crippen LogP contribution is 2.27. The van der Waals surface area contributed by atoms with E-state index in [4.69, 9.17) is 14.4 Å². The van der Waals surface area contributed by atoms with Crippen LogP contribution in [0.4, 0.5) is 0 Å². The summed E-state index contributed by atoms with van der Waals surface area (Å²) < 4.78 is 10.8. The Balaban J connectivity index is 1.94. The van der Waals surface area contributed by atoms with Gasteiger partial charge in [-0.3, -0.25) is 14.9 Å². The molecule has 1 aliphatic rings. The fourth-order valence-electron chi connectivity index (χ4n) is 2.76. The van der Waals surface area contributed by atoms with Crippen LogP contribution in [-0.2, 0) is 14.3 Å². The molecule has 7 heteroatoms. The van der Waals surface area contributed by atoms with Crippen molar-refractivity contribution in [2.75, 3.05) is 6.61 Å². The van der Waals surface area contributed by atoms with E-state index in [0.29, 0.717) is 28.2 Å². The summed E-state index contributed by atoms with van der Waals surface area (Å²) in [7, 11) is 0. The van der Waals surface area contributed by atoms with Gasteiger partial charge in [0.05, 0.1) is 12.2 Å². The Kier molecular flexibility index (Phi) is 5.23. The summed E-state index contributed by atoms with van der Waals surface area (Å²) in [5.41, 5.74) is 1.43. The zero-order chi connectivity index (χ0) is 20.3. The molecular weight excluding hydrogens is 360 g/mol. The molecule has 1 aromatic heterocycles. The number of nitriles is 1. The van der Waals surface area contributed by atoms with Crippen LogP contribution in [0.15, 0.2) is 57.5 Å². The topological polar surface area (TPSA) is 109 Å². The number of ether oxygens (including phenoxy) is 1. The maximum atomic E-state index is 12.1. The van der Waals surface area contributed by atoms with Crippen LogP contribution in [0.25, 0.3) is 17.4 Å². The molecule has 2 amide bonds. The number of hydrogen-bond donors (Lipinski definition) is 1. The van der Waals surface area contributed by atoms with Crippen LogP contribution in [0.2, 0.25) is 0 Å². The molecule has 0 saturated carbocycles. The number of carbonyl (C=O) groups excluding carboxylic acids is 3. The molecule has 0 aliphatic carbocycles. The minimum Gasteiger partial charge on any atom is -0.462 e. The maximum absolute atomic E-state index is 12.1. The number of amides is 2. The summed E-state index contributed by atoms with van der Waals surface area (Å²) in [6.07, 6.45) is 1.47. The molecule has 1 aliphatic heterocycles. The Bertz CT molecular complexity index is 1080. The molecule has 0 radical (unpaired) electrons. The molecule has 3 rings (SSSR count). The number of nitrogens with zero attached hydrogens (tertiary/aromatic N) is 1.